The van der Waals surface area contributed by atoms with E-state index in [1.54, 1.807) is 0 Å². The van der Waals surface area contributed by atoms with Gasteiger partial charge < -0.3 is 11.1 Å². The van der Waals surface area contributed by atoms with Crippen molar-refractivity contribution in [1.82, 2.24) is 9.97 Å². The van der Waals surface area contributed by atoms with E-state index in [2.05, 4.69) is 34.3 Å². The highest BCUT2D eigenvalue weighted by Gasteiger charge is 2.07. The second-order valence-corrected chi connectivity index (χ2v) is 4.22. The van der Waals surface area contributed by atoms with Crippen LogP contribution in [0.15, 0.2) is 30.6 Å². The van der Waals surface area contributed by atoms with Crippen molar-refractivity contribution in [2.75, 3.05) is 11.1 Å². The number of nitrogens with zero attached hydrogens (tertiary/aromatic N) is 2. The minimum atomic E-state index is 0.555. The van der Waals surface area contributed by atoms with Gasteiger partial charge in [0, 0.05) is 12.1 Å². The molecule has 0 aliphatic rings. The van der Waals surface area contributed by atoms with Gasteiger partial charge in [0.05, 0.1) is 0 Å². The van der Waals surface area contributed by atoms with Crippen LogP contribution >= 0.6 is 0 Å². The summed E-state index contributed by atoms with van der Waals surface area (Å²) in [6.07, 6.45) is 2.32. The summed E-state index contributed by atoms with van der Waals surface area (Å²) in [6.45, 7) is 4.90. The Morgan fingerprint density at radius 2 is 2.00 bits per heavy atom. The number of anilines is 2. The molecule has 0 saturated carbocycles. The molecule has 4 heteroatoms. The molecule has 0 radical (unpaired) electrons. The number of benzene rings is 1. The van der Waals surface area contributed by atoms with E-state index in [0.29, 0.717) is 5.82 Å². The molecule has 18 heavy (non-hydrogen) atoms. The van der Waals surface area contributed by atoms with E-state index in [1.165, 1.54) is 17.5 Å². The normalized spacial score (nSPS) is 10.3. The molecule has 0 aliphatic heterocycles. The summed E-state index contributed by atoms with van der Waals surface area (Å²) in [6, 6.07) is 8.29. The van der Waals surface area contributed by atoms with Crippen LogP contribution in [0.5, 0.6) is 0 Å². The van der Waals surface area contributed by atoms with Gasteiger partial charge in [0.25, 0.3) is 0 Å². The van der Waals surface area contributed by atoms with E-state index in [1.807, 2.05) is 19.1 Å². The van der Waals surface area contributed by atoms with Crippen molar-refractivity contribution in [1.29, 1.82) is 0 Å². The zero-order valence-corrected chi connectivity index (χ0v) is 10.8. The van der Waals surface area contributed by atoms with Gasteiger partial charge in [-0.25, -0.2) is 9.97 Å². The van der Waals surface area contributed by atoms with Crippen LogP contribution in [0.4, 0.5) is 11.6 Å². The minimum Gasteiger partial charge on any atom is -0.383 e. The number of nitrogens with two attached hydrogens (primary N) is 1. The fourth-order valence-electron chi connectivity index (χ4n) is 1.91. The van der Waals surface area contributed by atoms with Gasteiger partial charge in [0.15, 0.2) is 0 Å². The Hall–Kier alpha value is -2.10. The number of hydrogen-bond acceptors (Lipinski definition) is 4. The Morgan fingerprint density at radius 3 is 2.72 bits per heavy atom. The number of nitrogens with one attached hydrogen (secondary N) is 1. The maximum atomic E-state index is 5.84. The van der Waals surface area contributed by atoms with Gasteiger partial charge in [0.1, 0.15) is 18.0 Å². The lowest BCUT2D eigenvalue weighted by Crippen LogP contribution is -2.08. The van der Waals surface area contributed by atoms with Crippen molar-refractivity contribution < 1.29 is 0 Å². The molecule has 0 saturated heterocycles. The molecule has 94 valence electrons. The topological polar surface area (TPSA) is 63.8 Å². The van der Waals surface area contributed by atoms with Gasteiger partial charge in [-0.05, 0) is 24.5 Å². The summed E-state index contributed by atoms with van der Waals surface area (Å²) < 4.78 is 0. The summed E-state index contributed by atoms with van der Waals surface area (Å²) in [5.41, 5.74) is 9.35. The quantitative estimate of drug-likeness (QED) is 0.864. The van der Waals surface area contributed by atoms with Crippen LogP contribution in [0, 0.1) is 6.92 Å². The molecular formula is C14H18N4. The summed E-state index contributed by atoms with van der Waals surface area (Å²) in [5, 5.41) is 3.33. The van der Waals surface area contributed by atoms with Gasteiger partial charge >= 0.3 is 0 Å². The highest BCUT2D eigenvalue weighted by molar-refractivity contribution is 5.55. The summed E-state index contributed by atoms with van der Waals surface area (Å²) in [5.74, 6) is 1.38. The third kappa shape index (κ3) is 2.59. The molecule has 0 fully saturated rings. The highest BCUT2D eigenvalue weighted by atomic mass is 15.0. The monoisotopic (exact) mass is 242 g/mol. The van der Waals surface area contributed by atoms with Gasteiger partial charge in [-0.2, -0.15) is 0 Å². The van der Waals surface area contributed by atoms with E-state index in [0.717, 1.165) is 24.3 Å². The molecule has 0 unspecified atom stereocenters. The van der Waals surface area contributed by atoms with Crippen LogP contribution in [0.3, 0.4) is 0 Å². The maximum absolute atomic E-state index is 5.84. The summed E-state index contributed by atoms with van der Waals surface area (Å²) >= 11 is 0. The Bertz CT molecular complexity index is 537. The van der Waals surface area contributed by atoms with Crippen LogP contribution in [0.25, 0.3) is 0 Å². The van der Waals surface area contributed by atoms with E-state index < -0.39 is 0 Å². The molecule has 0 spiro atoms. The molecule has 0 atom stereocenters. The molecule has 2 aromatic rings. The first kappa shape index (κ1) is 12.4. The van der Waals surface area contributed by atoms with Crippen molar-refractivity contribution in [3.05, 3.63) is 47.3 Å². The van der Waals surface area contributed by atoms with Crippen molar-refractivity contribution in [3.63, 3.8) is 0 Å². The smallest absolute Gasteiger partial charge is 0.134 e. The van der Waals surface area contributed by atoms with Crippen LogP contribution in [-0.2, 0) is 13.0 Å². The first-order valence-electron chi connectivity index (χ1n) is 6.10. The van der Waals surface area contributed by atoms with Gasteiger partial charge in [0.2, 0.25) is 0 Å². The van der Waals surface area contributed by atoms with Crippen LogP contribution < -0.4 is 11.1 Å². The van der Waals surface area contributed by atoms with Gasteiger partial charge in [-0.15, -0.1) is 0 Å². The Morgan fingerprint density at radius 1 is 1.22 bits per heavy atom. The van der Waals surface area contributed by atoms with E-state index in [-0.39, 0.29) is 0 Å². The van der Waals surface area contributed by atoms with E-state index in [9.17, 15) is 0 Å². The van der Waals surface area contributed by atoms with Crippen LogP contribution in [-0.4, -0.2) is 9.97 Å². The summed E-state index contributed by atoms with van der Waals surface area (Å²) in [7, 11) is 0. The predicted molar refractivity (Wildman–Crippen MR) is 74.3 cm³/mol. The largest absolute Gasteiger partial charge is 0.383 e. The number of aromatic nitrogens is 2. The lowest BCUT2D eigenvalue weighted by atomic mass is 10.1. The molecule has 1 aromatic heterocycles. The first-order chi connectivity index (χ1) is 8.72. The van der Waals surface area contributed by atoms with Crippen LogP contribution in [0.2, 0.25) is 0 Å². The lowest BCUT2D eigenvalue weighted by molar-refractivity contribution is 1.01. The van der Waals surface area contributed by atoms with Crippen molar-refractivity contribution in [2.24, 2.45) is 0 Å². The average molecular weight is 242 g/mol. The fourth-order valence-corrected chi connectivity index (χ4v) is 1.91. The van der Waals surface area contributed by atoms with Crippen LogP contribution in [0.1, 0.15) is 23.6 Å². The Labute approximate surface area is 107 Å². The molecule has 4 nitrogen and oxygen atoms in total. The minimum absolute atomic E-state index is 0.555. The standard InChI is InChI=1S/C14H18N4/c1-3-12-13(15)17-9-18-14(12)16-8-11-7-5-4-6-10(11)2/h4-7,9H,3,8H2,1-2H3,(H3,15,16,17,18). The molecule has 0 amide bonds. The number of hydrogen-bond donors (Lipinski definition) is 2. The molecule has 2 rings (SSSR count). The van der Waals surface area contributed by atoms with Gasteiger partial charge in [-0.1, -0.05) is 31.2 Å². The molecule has 1 heterocycles. The third-order valence-corrected chi connectivity index (χ3v) is 3.04. The number of aryl methyl sites for hydroxylation is 1. The average Bonchev–Trinajstić information content (AvgIpc) is 2.38. The fraction of sp³-hybridized carbons (Fsp3) is 0.286. The van der Waals surface area contributed by atoms with E-state index >= 15 is 0 Å². The zero-order chi connectivity index (χ0) is 13.0. The Kier molecular flexibility index (Phi) is 3.77. The molecule has 0 bridgehead atoms. The second kappa shape index (κ2) is 5.49. The maximum Gasteiger partial charge on any atom is 0.134 e. The summed E-state index contributed by atoms with van der Waals surface area (Å²) in [4.78, 5) is 8.26. The third-order valence-electron chi connectivity index (χ3n) is 3.04. The molecular weight excluding hydrogens is 224 g/mol. The predicted octanol–water partition coefficient (Wildman–Crippen LogP) is 2.54. The first-order valence-corrected chi connectivity index (χ1v) is 6.10. The van der Waals surface area contributed by atoms with Gasteiger partial charge in [-0.3, -0.25) is 0 Å². The Balaban J connectivity index is 2.16. The van der Waals surface area contributed by atoms with Crippen molar-refractivity contribution >= 4 is 11.6 Å². The van der Waals surface area contributed by atoms with Crippen molar-refractivity contribution in [2.45, 2.75) is 26.8 Å². The zero-order valence-electron chi connectivity index (χ0n) is 10.8. The van der Waals surface area contributed by atoms with E-state index in [4.69, 9.17) is 5.73 Å². The SMILES string of the molecule is CCc1c(N)ncnc1NCc1ccccc1C. The van der Waals surface area contributed by atoms with Crippen molar-refractivity contribution in [3.8, 4) is 0 Å². The molecule has 3 N–H and O–H groups in total. The highest BCUT2D eigenvalue weighted by Crippen LogP contribution is 2.18. The number of rotatable bonds is 4. The molecule has 1 aromatic carbocycles. The molecule has 0 aliphatic carbocycles. The lowest BCUT2D eigenvalue weighted by Gasteiger charge is -2.12. The second-order valence-electron chi connectivity index (χ2n) is 4.22. The number of nitrogen functional groups attached to an aromatic ring is 1.